The molecule has 0 spiro atoms. The fourth-order valence-electron chi connectivity index (χ4n) is 1.88. The Labute approximate surface area is 104 Å². The first kappa shape index (κ1) is 12.5. The van der Waals surface area contributed by atoms with Crippen LogP contribution in [0.3, 0.4) is 0 Å². The van der Waals surface area contributed by atoms with Gasteiger partial charge in [-0.05, 0) is 19.8 Å². The predicted molar refractivity (Wildman–Crippen MR) is 64.3 cm³/mol. The Bertz CT molecular complexity index is 388. The fraction of sp³-hybridized carbons (Fsp3) is 0.636. The minimum atomic E-state index is -0.964. The molecule has 0 bridgehead atoms. The molecule has 94 valence electrons. The molecule has 0 radical (unpaired) electrons. The molecular weight excluding hydrogens is 240 g/mol. The minimum absolute atomic E-state index is 0.145. The van der Waals surface area contributed by atoms with Crippen molar-refractivity contribution in [3.05, 3.63) is 16.1 Å². The molecule has 1 aliphatic heterocycles. The maximum atomic E-state index is 10.7. The van der Waals surface area contributed by atoms with E-state index in [2.05, 4.69) is 17.2 Å². The zero-order valence-corrected chi connectivity index (χ0v) is 10.5. The molecule has 0 aromatic carbocycles. The van der Waals surface area contributed by atoms with Gasteiger partial charge in [0.2, 0.25) is 5.01 Å². The fourth-order valence-corrected chi connectivity index (χ4v) is 2.53. The average molecular weight is 256 g/mol. The molecule has 2 atom stereocenters. The summed E-state index contributed by atoms with van der Waals surface area (Å²) in [5, 5.41) is 14.0. The van der Waals surface area contributed by atoms with Gasteiger partial charge < -0.3 is 15.2 Å². The molecule has 1 aromatic heterocycles. The Morgan fingerprint density at radius 1 is 1.82 bits per heavy atom. The molecule has 2 unspecified atom stereocenters. The van der Waals surface area contributed by atoms with Crippen LogP contribution in [0.2, 0.25) is 0 Å². The molecule has 0 amide bonds. The first-order chi connectivity index (χ1) is 8.16. The number of carboxylic acid groups (broad SMARTS) is 1. The number of ether oxygens (including phenoxy) is 1. The van der Waals surface area contributed by atoms with Crippen LogP contribution in [0.5, 0.6) is 0 Å². The van der Waals surface area contributed by atoms with Gasteiger partial charge in [-0.3, -0.25) is 0 Å². The third kappa shape index (κ3) is 3.24. The third-order valence-corrected chi connectivity index (χ3v) is 3.74. The van der Waals surface area contributed by atoms with Gasteiger partial charge in [0.05, 0.1) is 11.8 Å². The molecule has 2 rings (SSSR count). The maximum absolute atomic E-state index is 10.7. The molecule has 5 nitrogen and oxygen atoms in total. The minimum Gasteiger partial charge on any atom is -0.476 e. The number of nitrogens with zero attached hydrogens (tertiary/aromatic N) is 1. The lowest BCUT2D eigenvalue weighted by atomic mass is 10.1. The van der Waals surface area contributed by atoms with E-state index in [-0.39, 0.29) is 17.2 Å². The summed E-state index contributed by atoms with van der Waals surface area (Å²) in [6, 6.07) is 0.271. The van der Waals surface area contributed by atoms with Crippen molar-refractivity contribution in [3.8, 4) is 0 Å². The highest BCUT2D eigenvalue weighted by Crippen LogP contribution is 2.16. The first-order valence-electron chi connectivity index (χ1n) is 5.69. The normalized spacial score (nSPS) is 21.6. The van der Waals surface area contributed by atoms with Gasteiger partial charge in [0, 0.05) is 24.6 Å². The highest BCUT2D eigenvalue weighted by Gasteiger charge is 2.22. The van der Waals surface area contributed by atoms with Crippen molar-refractivity contribution in [1.29, 1.82) is 0 Å². The second kappa shape index (κ2) is 5.57. The summed E-state index contributed by atoms with van der Waals surface area (Å²) >= 11 is 1.16. The van der Waals surface area contributed by atoms with E-state index in [0.29, 0.717) is 6.54 Å². The first-order valence-corrected chi connectivity index (χ1v) is 6.57. The van der Waals surface area contributed by atoms with Crippen LogP contribution in [0.25, 0.3) is 0 Å². The van der Waals surface area contributed by atoms with E-state index in [0.717, 1.165) is 36.5 Å². The molecule has 2 N–H and O–H groups in total. The Hall–Kier alpha value is -0.980. The number of carbonyl (C=O) groups is 1. The van der Waals surface area contributed by atoms with Gasteiger partial charge in [0.15, 0.2) is 0 Å². The summed E-state index contributed by atoms with van der Waals surface area (Å²) < 4.78 is 5.57. The SMILES string of the molecule is CC(NCc1csc(C(=O)O)n1)C1CCCO1. The van der Waals surface area contributed by atoms with Gasteiger partial charge in [-0.1, -0.05) is 0 Å². The van der Waals surface area contributed by atoms with Gasteiger partial charge >= 0.3 is 5.97 Å². The van der Waals surface area contributed by atoms with Gasteiger partial charge in [0.1, 0.15) is 0 Å². The Kier molecular flexibility index (Phi) is 4.09. The number of thiazole rings is 1. The zero-order chi connectivity index (χ0) is 12.3. The van der Waals surface area contributed by atoms with Gasteiger partial charge in [0.25, 0.3) is 0 Å². The number of carboxylic acids is 1. The van der Waals surface area contributed by atoms with Gasteiger partial charge in [-0.2, -0.15) is 0 Å². The van der Waals surface area contributed by atoms with Crippen molar-refractivity contribution in [1.82, 2.24) is 10.3 Å². The van der Waals surface area contributed by atoms with Crippen molar-refractivity contribution in [3.63, 3.8) is 0 Å². The molecule has 0 saturated carbocycles. The molecule has 1 aromatic rings. The summed E-state index contributed by atoms with van der Waals surface area (Å²) in [5.74, 6) is -0.964. The summed E-state index contributed by atoms with van der Waals surface area (Å²) in [6.07, 6.45) is 2.48. The smallest absolute Gasteiger partial charge is 0.365 e. The highest BCUT2D eigenvalue weighted by atomic mass is 32.1. The summed E-state index contributed by atoms with van der Waals surface area (Å²) in [5.41, 5.74) is 0.775. The van der Waals surface area contributed by atoms with Crippen molar-refractivity contribution < 1.29 is 14.6 Å². The lowest BCUT2D eigenvalue weighted by Gasteiger charge is -2.19. The van der Waals surface area contributed by atoms with Crippen LogP contribution in [-0.2, 0) is 11.3 Å². The Balaban J connectivity index is 1.82. The topological polar surface area (TPSA) is 71.5 Å². The Morgan fingerprint density at radius 3 is 3.24 bits per heavy atom. The number of aromatic carboxylic acids is 1. The standard InChI is InChI=1S/C11H16N2O3S/c1-7(9-3-2-4-16-9)12-5-8-6-17-10(13-8)11(14)15/h6-7,9,12H,2-5H2,1H3,(H,14,15). The summed E-state index contributed by atoms with van der Waals surface area (Å²) in [6.45, 7) is 3.52. The number of hydrogen-bond donors (Lipinski definition) is 2. The van der Waals surface area contributed by atoms with E-state index < -0.39 is 5.97 Å². The monoisotopic (exact) mass is 256 g/mol. The van der Waals surface area contributed by atoms with Crippen LogP contribution in [0, 0.1) is 0 Å². The predicted octanol–water partition coefficient (Wildman–Crippen LogP) is 1.50. The lowest BCUT2D eigenvalue weighted by Crippen LogP contribution is -2.36. The molecule has 1 saturated heterocycles. The number of hydrogen-bond acceptors (Lipinski definition) is 5. The third-order valence-electron chi connectivity index (χ3n) is 2.86. The second-order valence-electron chi connectivity index (χ2n) is 4.17. The van der Waals surface area contributed by atoms with Crippen molar-refractivity contribution >= 4 is 17.3 Å². The van der Waals surface area contributed by atoms with E-state index in [1.807, 2.05) is 0 Å². The van der Waals surface area contributed by atoms with Crippen molar-refractivity contribution in [2.75, 3.05) is 6.61 Å². The van der Waals surface area contributed by atoms with Crippen molar-refractivity contribution in [2.45, 2.75) is 38.5 Å². The van der Waals surface area contributed by atoms with E-state index in [1.165, 1.54) is 0 Å². The van der Waals surface area contributed by atoms with Crippen LogP contribution in [0.4, 0.5) is 0 Å². The van der Waals surface area contributed by atoms with Gasteiger partial charge in [-0.25, -0.2) is 9.78 Å². The van der Waals surface area contributed by atoms with Crippen LogP contribution in [-0.4, -0.2) is 34.8 Å². The van der Waals surface area contributed by atoms with Crippen LogP contribution in [0.15, 0.2) is 5.38 Å². The zero-order valence-electron chi connectivity index (χ0n) is 9.68. The maximum Gasteiger partial charge on any atom is 0.365 e. The molecule has 1 aliphatic rings. The van der Waals surface area contributed by atoms with Crippen molar-refractivity contribution in [2.24, 2.45) is 0 Å². The van der Waals surface area contributed by atoms with E-state index >= 15 is 0 Å². The van der Waals surface area contributed by atoms with Crippen LogP contribution < -0.4 is 5.32 Å². The average Bonchev–Trinajstić information content (AvgIpc) is 2.97. The lowest BCUT2D eigenvalue weighted by molar-refractivity contribution is 0.0695. The summed E-state index contributed by atoms with van der Waals surface area (Å²) in [7, 11) is 0. The number of aromatic nitrogens is 1. The highest BCUT2D eigenvalue weighted by molar-refractivity contribution is 7.11. The quantitative estimate of drug-likeness (QED) is 0.835. The molecule has 1 fully saturated rings. The molecule has 2 heterocycles. The van der Waals surface area contributed by atoms with Gasteiger partial charge in [-0.15, -0.1) is 11.3 Å². The largest absolute Gasteiger partial charge is 0.476 e. The molecular formula is C11H16N2O3S. The second-order valence-corrected chi connectivity index (χ2v) is 5.03. The number of rotatable bonds is 5. The number of nitrogens with one attached hydrogen (secondary N) is 1. The molecule has 6 heteroatoms. The molecule has 0 aliphatic carbocycles. The summed E-state index contributed by atoms with van der Waals surface area (Å²) in [4.78, 5) is 14.7. The van der Waals surface area contributed by atoms with Crippen LogP contribution >= 0.6 is 11.3 Å². The molecule has 17 heavy (non-hydrogen) atoms. The van der Waals surface area contributed by atoms with Crippen LogP contribution in [0.1, 0.15) is 35.3 Å². The van der Waals surface area contributed by atoms with E-state index in [1.54, 1.807) is 5.38 Å². The Morgan fingerprint density at radius 2 is 2.65 bits per heavy atom. The van der Waals surface area contributed by atoms with E-state index in [4.69, 9.17) is 9.84 Å². The van der Waals surface area contributed by atoms with E-state index in [9.17, 15) is 4.79 Å².